The summed E-state index contributed by atoms with van der Waals surface area (Å²) in [5, 5.41) is 46.4. The molecule has 0 bridgehead atoms. The monoisotopic (exact) mass is 476 g/mol. The number of hydrogen-bond donors (Lipinski definition) is 4. The summed E-state index contributed by atoms with van der Waals surface area (Å²) in [6.07, 6.45) is 8.50. The quantitative estimate of drug-likeness (QED) is 0.397. The van der Waals surface area contributed by atoms with E-state index in [1.807, 2.05) is 0 Å². The fourth-order valence-electron chi connectivity index (χ4n) is 10.3. The zero-order chi connectivity index (χ0) is 25.5. The zero-order valence-electron chi connectivity index (χ0n) is 23.1. The molecule has 4 N–H and O–H groups in total. The van der Waals surface area contributed by atoms with E-state index in [2.05, 4.69) is 54.5 Å². The largest absolute Gasteiger partial charge is 0.393 e. The van der Waals surface area contributed by atoms with E-state index in [-0.39, 0.29) is 33.7 Å². The van der Waals surface area contributed by atoms with Crippen LogP contribution in [0.4, 0.5) is 0 Å². The molecule has 34 heavy (non-hydrogen) atoms. The molecule has 0 radical (unpaired) electrons. The van der Waals surface area contributed by atoms with Gasteiger partial charge in [0.25, 0.3) is 0 Å². The molecule has 0 aromatic heterocycles. The second-order valence-corrected chi connectivity index (χ2v) is 14.7. The highest BCUT2D eigenvalue weighted by atomic mass is 16.4. The van der Waals surface area contributed by atoms with Gasteiger partial charge in [-0.2, -0.15) is 0 Å². The van der Waals surface area contributed by atoms with Crippen molar-refractivity contribution < 1.29 is 20.4 Å². The van der Waals surface area contributed by atoms with Crippen LogP contribution >= 0.6 is 0 Å². The molecule has 4 rings (SSSR count). The van der Waals surface area contributed by atoms with Crippen molar-refractivity contribution in [2.24, 2.45) is 39.4 Å². The van der Waals surface area contributed by atoms with Gasteiger partial charge >= 0.3 is 0 Å². The molecule has 0 aromatic rings. The van der Waals surface area contributed by atoms with Crippen molar-refractivity contribution in [1.82, 2.24) is 0 Å². The summed E-state index contributed by atoms with van der Waals surface area (Å²) in [6, 6.07) is 0. The van der Waals surface area contributed by atoms with Crippen molar-refractivity contribution in [3.8, 4) is 0 Å². The lowest BCUT2D eigenvalue weighted by molar-refractivity contribution is -0.271. The molecular weight excluding hydrogens is 424 g/mol. The number of aliphatic hydroxyl groups is 4. The van der Waals surface area contributed by atoms with Crippen LogP contribution in [0.2, 0.25) is 0 Å². The first kappa shape index (κ1) is 26.6. The van der Waals surface area contributed by atoms with Crippen LogP contribution in [-0.2, 0) is 0 Å². The first-order chi connectivity index (χ1) is 15.5. The molecule has 0 amide bonds. The van der Waals surface area contributed by atoms with Gasteiger partial charge in [-0.25, -0.2) is 0 Å². The molecule has 0 saturated heterocycles. The summed E-state index contributed by atoms with van der Waals surface area (Å²) in [7, 11) is 0. The van der Waals surface area contributed by atoms with Crippen molar-refractivity contribution in [2.75, 3.05) is 0 Å². The summed E-state index contributed by atoms with van der Waals surface area (Å²) in [6.45, 7) is 17.6. The Balaban J connectivity index is 1.71. The first-order valence-electron chi connectivity index (χ1n) is 13.9. The molecule has 4 saturated carbocycles. The Kier molecular flexibility index (Phi) is 6.30. The van der Waals surface area contributed by atoms with Crippen LogP contribution in [0.3, 0.4) is 0 Å². The molecular formula is C30H52O4. The van der Waals surface area contributed by atoms with Gasteiger partial charge in [0.1, 0.15) is 0 Å². The molecule has 0 spiro atoms. The van der Waals surface area contributed by atoms with E-state index in [9.17, 15) is 20.4 Å². The second-order valence-electron chi connectivity index (χ2n) is 14.7. The predicted octanol–water partition coefficient (Wildman–Crippen LogP) is 5.62. The zero-order valence-corrected chi connectivity index (χ0v) is 23.1. The number of rotatable bonds is 4. The van der Waals surface area contributed by atoms with Crippen LogP contribution < -0.4 is 0 Å². The number of aliphatic hydroxyl groups excluding tert-OH is 2. The highest BCUT2D eigenvalue weighted by Crippen LogP contribution is 2.76. The molecule has 10 atom stereocenters. The van der Waals surface area contributed by atoms with Crippen molar-refractivity contribution in [3.05, 3.63) is 11.6 Å². The van der Waals surface area contributed by atoms with Gasteiger partial charge in [-0.1, -0.05) is 46.3 Å². The molecule has 4 heteroatoms. The van der Waals surface area contributed by atoms with E-state index in [1.54, 1.807) is 6.92 Å². The van der Waals surface area contributed by atoms with Crippen LogP contribution in [0.15, 0.2) is 11.6 Å². The van der Waals surface area contributed by atoms with Gasteiger partial charge in [0.05, 0.1) is 23.4 Å². The van der Waals surface area contributed by atoms with Gasteiger partial charge in [-0.15, -0.1) is 0 Å². The second kappa shape index (κ2) is 8.04. The summed E-state index contributed by atoms with van der Waals surface area (Å²) in [5.41, 5.74) is -1.62. The lowest BCUT2D eigenvalue weighted by Gasteiger charge is -2.70. The van der Waals surface area contributed by atoms with Crippen LogP contribution in [0, 0.1) is 39.4 Å². The summed E-state index contributed by atoms with van der Waals surface area (Å²) < 4.78 is 0. The van der Waals surface area contributed by atoms with Crippen LogP contribution in [0.5, 0.6) is 0 Å². The Hall–Kier alpha value is -0.420. The van der Waals surface area contributed by atoms with Crippen molar-refractivity contribution in [1.29, 1.82) is 0 Å². The average Bonchev–Trinajstić information content (AvgIpc) is 3.02. The maximum Gasteiger partial charge on any atom is 0.0988 e. The maximum absolute atomic E-state index is 12.2. The van der Waals surface area contributed by atoms with Crippen molar-refractivity contribution in [3.63, 3.8) is 0 Å². The fraction of sp³-hybridized carbons (Fsp3) is 0.933. The van der Waals surface area contributed by atoms with Crippen molar-refractivity contribution >= 4 is 0 Å². The molecule has 4 fully saturated rings. The topological polar surface area (TPSA) is 80.9 Å². The average molecular weight is 477 g/mol. The van der Waals surface area contributed by atoms with E-state index in [4.69, 9.17) is 0 Å². The standard InChI is InChI=1S/C30H52O4/c1-19(2)10-9-13-29(8,33)30(34)17-16-28(7)24(30)20(31)18-22-26(5)14-12-23(32)25(3,4)21(26)11-15-27(22,28)6/h10,20-24,31-34H,9,11-18H2,1-8H3/t20-,21+,22+,23+,24-,26+,27-,28-,29+,30-/m1/s1. The molecule has 0 unspecified atom stereocenters. The van der Waals surface area contributed by atoms with E-state index in [1.165, 1.54) is 5.57 Å². The number of hydrogen-bond acceptors (Lipinski definition) is 4. The minimum atomic E-state index is -1.29. The smallest absolute Gasteiger partial charge is 0.0988 e. The molecule has 0 aliphatic heterocycles. The maximum atomic E-state index is 12.2. The lowest BCUT2D eigenvalue weighted by Crippen LogP contribution is -2.69. The van der Waals surface area contributed by atoms with Crippen molar-refractivity contribution in [2.45, 2.75) is 137 Å². The SMILES string of the molecule is CC(C)=CCC[C@](C)(O)[C@@]1(O)CC[C@]2(C)[C@H]1[C@H](O)C[C@H]1[C@@]3(C)CC[C@H](O)C(C)(C)[C@@H]3CC[C@]12C. The minimum absolute atomic E-state index is 0.0129. The van der Waals surface area contributed by atoms with E-state index in [0.29, 0.717) is 31.1 Å². The first-order valence-corrected chi connectivity index (χ1v) is 13.9. The molecule has 4 aliphatic rings. The Morgan fingerprint density at radius 2 is 1.56 bits per heavy atom. The minimum Gasteiger partial charge on any atom is -0.393 e. The Morgan fingerprint density at radius 1 is 0.912 bits per heavy atom. The highest BCUT2D eigenvalue weighted by molar-refractivity contribution is 5.24. The Labute approximate surface area is 208 Å². The van der Waals surface area contributed by atoms with Gasteiger partial charge < -0.3 is 20.4 Å². The van der Waals surface area contributed by atoms with E-state index >= 15 is 0 Å². The number of allylic oxidation sites excluding steroid dienone is 2. The van der Waals surface area contributed by atoms with Gasteiger partial charge in [0.2, 0.25) is 0 Å². The molecule has 4 aliphatic carbocycles. The summed E-state index contributed by atoms with van der Waals surface area (Å²) in [5.74, 6) is 0.451. The van der Waals surface area contributed by atoms with Crippen LogP contribution in [-0.4, -0.2) is 43.8 Å². The van der Waals surface area contributed by atoms with Gasteiger partial charge in [-0.3, -0.25) is 0 Å². The highest BCUT2D eigenvalue weighted by Gasteiger charge is 2.74. The summed E-state index contributed by atoms with van der Waals surface area (Å²) in [4.78, 5) is 0. The number of fused-ring (bicyclic) bond motifs is 5. The lowest BCUT2D eigenvalue weighted by atomic mass is 9.35. The third kappa shape index (κ3) is 3.37. The summed E-state index contributed by atoms with van der Waals surface area (Å²) >= 11 is 0. The Bertz CT molecular complexity index is 828. The third-order valence-corrected chi connectivity index (χ3v) is 12.5. The molecule has 196 valence electrons. The van der Waals surface area contributed by atoms with Gasteiger partial charge in [0, 0.05) is 5.92 Å². The predicted molar refractivity (Wildman–Crippen MR) is 137 cm³/mol. The van der Waals surface area contributed by atoms with E-state index in [0.717, 1.165) is 38.5 Å². The normalized spacial score (nSPS) is 51.6. The molecule has 0 aromatic carbocycles. The van der Waals surface area contributed by atoms with Gasteiger partial charge in [0.15, 0.2) is 0 Å². The fourth-order valence-corrected chi connectivity index (χ4v) is 10.3. The van der Waals surface area contributed by atoms with Crippen LogP contribution in [0.25, 0.3) is 0 Å². The van der Waals surface area contributed by atoms with Gasteiger partial charge in [-0.05, 0) is 112 Å². The molecule has 0 heterocycles. The molecule has 4 nitrogen and oxygen atoms in total. The van der Waals surface area contributed by atoms with Crippen LogP contribution in [0.1, 0.15) is 113 Å². The van der Waals surface area contributed by atoms with E-state index < -0.39 is 17.3 Å². The Morgan fingerprint density at radius 3 is 2.18 bits per heavy atom. The third-order valence-electron chi connectivity index (χ3n) is 12.5.